The Morgan fingerprint density at radius 3 is 1.83 bits per heavy atom. The van der Waals surface area contributed by atoms with E-state index in [-0.39, 0.29) is 0 Å². The van der Waals surface area contributed by atoms with Crippen LogP contribution in [-0.4, -0.2) is 6.04 Å². The summed E-state index contributed by atoms with van der Waals surface area (Å²) in [5.41, 5.74) is 1.52. The maximum atomic E-state index is 4.06. The van der Waals surface area contributed by atoms with Gasteiger partial charge < -0.3 is 5.32 Å². The van der Waals surface area contributed by atoms with Gasteiger partial charge in [0.25, 0.3) is 0 Å². The predicted molar refractivity (Wildman–Crippen MR) is 74.3 cm³/mol. The fourth-order valence-corrected chi connectivity index (χ4v) is 3.37. The average Bonchev–Trinajstić information content (AvgIpc) is 3.29. The molecule has 1 aromatic rings. The van der Waals surface area contributed by atoms with Crippen LogP contribution >= 0.6 is 0 Å². The fraction of sp³-hybridized carbons (Fsp3) is 0.647. The van der Waals surface area contributed by atoms with Gasteiger partial charge in [0.1, 0.15) is 0 Å². The highest BCUT2D eigenvalue weighted by molar-refractivity contribution is 5.21. The van der Waals surface area contributed by atoms with Crippen LogP contribution in [0.25, 0.3) is 0 Å². The highest BCUT2D eigenvalue weighted by Crippen LogP contribution is 2.48. The summed E-state index contributed by atoms with van der Waals surface area (Å²) in [5.74, 6) is 2.91. The molecule has 96 valence electrons. The number of nitrogens with one attached hydrogen (secondary N) is 1. The molecule has 0 radical (unpaired) electrons. The zero-order valence-corrected chi connectivity index (χ0v) is 11.0. The Morgan fingerprint density at radius 2 is 1.33 bits per heavy atom. The van der Waals surface area contributed by atoms with E-state index in [1.54, 1.807) is 0 Å². The van der Waals surface area contributed by atoms with Gasteiger partial charge in [0.2, 0.25) is 0 Å². The lowest BCUT2D eigenvalue weighted by Gasteiger charge is -2.26. The van der Waals surface area contributed by atoms with Crippen LogP contribution in [0, 0.1) is 17.8 Å². The van der Waals surface area contributed by atoms with Crippen molar-refractivity contribution in [3.8, 4) is 0 Å². The summed E-state index contributed by atoms with van der Waals surface area (Å²) in [5, 5.41) is 4.06. The van der Waals surface area contributed by atoms with Gasteiger partial charge in [-0.2, -0.15) is 0 Å². The third-order valence-corrected chi connectivity index (χ3v) is 4.88. The van der Waals surface area contributed by atoms with Gasteiger partial charge in [-0.1, -0.05) is 30.3 Å². The molecular weight excluding hydrogens is 218 g/mol. The molecule has 18 heavy (non-hydrogen) atoms. The third kappa shape index (κ3) is 2.33. The molecule has 3 fully saturated rings. The van der Waals surface area contributed by atoms with E-state index in [0.29, 0.717) is 6.04 Å². The maximum Gasteiger partial charge on any atom is 0.0351 e. The number of hydrogen-bond donors (Lipinski definition) is 1. The molecule has 1 atom stereocenters. The van der Waals surface area contributed by atoms with Crippen LogP contribution in [0.2, 0.25) is 0 Å². The van der Waals surface area contributed by atoms with Gasteiger partial charge in [0, 0.05) is 12.1 Å². The maximum absolute atomic E-state index is 4.06. The fourth-order valence-electron chi connectivity index (χ4n) is 3.37. The molecule has 0 bridgehead atoms. The molecule has 3 saturated carbocycles. The summed E-state index contributed by atoms with van der Waals surface area (Å²) < 4.78 is 0. The molecule has 0 amide bonds. The van der Waals surface area contributed by atoms with Crippen molar-refractivity contribution in [1.29, 1.82) is 0 Å². The number of rotatable bonds is 6. The first kappa shape index (κ1) is 11.0. The van der Waals surface area contributed by atoms with Crippen molar-refractivity contribution in [3.05, 3.63) is 35.9 Å². The molecule has 0 heterocycles. The standard InChI is InChI=1S/C17H23N/c1-2-4-12(5-3-1)16(13-6-7-13)18-17(14-8-9-14)15-10-11-15/h1-5,13-18H,6-11H2. The van der Waals surface area contributed by atoms with Crippen molar-refractivity contribution >= 4 is 0 Å². The van der Waals surface area contributed by atoms with E-state index in [2.05, 4.69) is 35.6 Å². The Morgan fingerprint density at radius 1 is 0.778 bits per heavy atom. The molecule has 4 rings (SSSR count). The van der Waals surface area contributed by atoms with Crippen LogP contribution in [0.4, 0.5) is 0 Å². The van der Waals surface area contributed by atoms with E-state index in [1.165, 1.54) is 44.1 Å². The Labute approximate surface area is 110 Å². The van der Waals surface area contributed by atoms with Crippen LogP contribution in [0.15, 0.2) is 30.3 Å². The average molecular weight is 241 g/mol. The second-order valence-corrected chi connectivity index (χ2v) is 6.59. The number of benzene rings is 1. The van der Waals surface area contributed by atoms with Crippen LogP contribution in [0.5, 0.6) is 0 Å². The molecule has 0 spiro atoms. The SMILES string of the molecule is c1ccc(C(NC(C2CC2)C2CC2)C2CC2)cc1. The molecule has 1 nitrogen and oxygen atoms in total. The minimum Gasteiger partial charge on any atom is -0.306 e. The molecule has 1 unspecified atom stereocenters. The first-order chi connectivity index (χ1) is 8.92. The van der Waals surface area contributed by atoms with Gasteiger partial charge in [0.05, 0.1) is 0 Å². The molecule has 0 aromatic heterocycles. The Balaban J connectivity index is 1.51. The summed E-state index contributed by atoms with van der Waals surface area (Å²) in [6, 6.07) is 12.6. The van der Waals surface area contributed by atoms with Crippen molar-refractivity contribution in [1.82, 2.24) is 5.32 Å². The Kier molecular flexibility index (Phi) is 2.69. The van der Waals surface area contributed by atoms with E-state index in [0.717, 1.165) is 23.8 Å². The molecule has 3 aliphatic rings. The first-order valence-corrected chi connectivity index (χ1v) is 7.73. The molecular formula is C17H23N. The van der Waals surface area contributed by atoms with E-state index < -0.39 is 0 Å². The van der Waals surface area contributed by atoms with Crippen molar-refractivity contribution in [2.45, 2.75) is 50.6 Å². The second kappa shape index (κ2) is 4.38. The van der Waals surface area contributed by atoms with Crippen LogP contribution in [-0.2, 0) is 0 Å². The Hall–Kier alpha value is -0.820. The zero-order chi connectivity index (χ0) is 11.9. The molecule has 1 heteroatoms. The van der Waals surface area contributed by atoms with Crippen LogP contribution in [0.1, 0.15) is 50.1 Å². The summed E-state index contributed by atoms with van der Waals surface area (Å²) in [7, 11) is 0. The van der Waals surface area contributed by atoms with Gasteiger partial charge in [-0.25, -0.2) is 0 Å². The summed E-state index contributed by atoms with van der Waals surface area (Å²) in [6.07, 6.45) is 8.74. The summed E-state index contributed by atoms with van der Waals surface area (Å²) in [4.78, 5) is 0. The van der Waals surface area contributed by atoms with Crippen molar-refractivity contribution in [3.63, 3.8) is 0 Å². The summed E-state index contributed by atoms with van der Waals surface area (Å²) >= 11 is 0. The van der Waals surface area contributed by atoms with Gasteiger partial charge in [-0.15, -0.1) is 0 Å². The first-order valence-electron chi connectivity index (χ1n) is 7.73. The predicted octanol–water partition coefficient (Wildman–Crippen LogP) is 3.92. The molecule has 0 saturated heterocycles. The third-order valence-electron chi connectivity index (χ3n) is 4.88. The summed E-state index contributed by atoms with van der Waals surface area (Å²) in [6.45, 7) is 0. The monoisotopic (exact) mass is 241 g/mol. The topological polar surface area (TPSA) is 12.0 Å². The van der Waals surface area contributed by atoms with E-state index >= 15 is 0 Å². The largest absolute Gasteiger partial charge is 0.306 e. The van der Waals surface area contributed by atoms with Crippen molar-refractivity contribution in [2.24, 2.45) is 17.8 Å². The highest BCUT2D eigenvalue weighted by atomic mass is 15.0. The normalized spacial score (nSPS) is 25.4. The van der Waals surface area contributed by atoms with Gasteiger partial charge in [-0.3, -0.25) is 0 Å². The van der Waals surface area contributed by atoms with Crippen molar-refractivity contribution in [2.75, 3.05) is 0 Å². The second-order valence-electron chi connectivity index (χ2n) is 6.59. The lowest BCUT2D eigenvalue weighted by atomic mass is 9.98. The molecule has 0 aliphatic heterocycles. The lowest BCUT2D eigenvalue weighted by molar-refractivity contribution is 0.344. The Bertz CT molecular complexity index is 389. The smallest absolute Gasteiger partial charge is 0.0351 e. The van der Waals surface area contributed by atoms with Gasteiger partial charge >= 0.3 is 0 Å². The van der Waals surface area contributed by atoms with Crippen molar-refractivity contribution < 1.29 is 0 Å². The highest BCUT2D eigenvalue weighted by Gasteiger charge is 2.44. The molecule has 1 aromatic carbocycles. The van der Waals surface area contributed by atoms with E-state index in [1.807, 2.05) is 0 Å². The lowest BCUT2D eigenvalue weighted by Crippen LogP contribution is -2.37. The van der Waals surface area contributed by atoms with Gasteiger partial charge in [-0.05, 0) is 61.8 Å². The number of hydrogen-bond acceptors (Lipinski definition) is 1. The zero-order valence-electron chi connectivity index (χ0n) is 11.0. The molecule has 3 aliphatic carbocycles. The minimum atomic E-state index is 0.636. The van der Waals surface area contributed by atoms with Crippen LogP contribution in [0.3, 0.4) is 0 Å². The van der Waals surface area contributed by atoms with Crippen LogP contribution < -0.4 is 5.32 Å². The van der Waals surface area contributed by atoms with Gasteiger partial charge in [0.15, 0.2) is 0 Å². The molecule has 1 N–H and O–H groups in total. The van der Waals surface area contributed by atoms with E-state index in [9.17, 15) is 0 Å². The minimum absolute atomic E-state index is 0.636. The quantitative estimate of drug-likeness (QED) is 0.796. The van der Waals surface area contributed by atoms with E-state index in [4.69, 9.17) is 0 Å².